The van der Waals surface area contributed by atoms with E-state index < -0.39 is 24.2 Å². The summed E-state index contributed by atoms with van der Waals surface area (Å²) in [4.78, 5) is 40.7. The van der Waals surface area contributed by atoms with Crippen molar-refractivity contribution in [2.24, 2.45) is 11.8 Å². The predicted molar refractivity (Wildman–Crippen MR) is 227 cm³/mol. The molecule has 0 spiro atoms. The third-order valence-electron chi connectivity index (χ3n) is 8.04. The predicted octanol–water partition coefficient (Wildman–Crippen LogP) is 8.80. The van der Waals surface area contributed by atoms with Crippen LogP contribution < -0.4 is 10.6 Å². The van der Waals surface area contributed by atoms with Crippen LogP contribution in [0.2, 0.25) is 0 Å². The summed E-state index contributed by atoms with van der Waals surface area (Å²) in [5.74, 6) is -1.56. The number of benzene rings is 2. The highest BCUT2D eigenvalue weighted by Gasteiger charge is 2.44. The Balaban J connectivity index is 0.000000322. The average Bonchev–Trinajstić information content (AvgIpc) is 3.86. The molecule has 6 aromatic rings. The Kier molecular flexibility index (Phi) is 16.2. The van der Waals surface area contributed by atoms with Crippen LogP contribution in [-0.4, -0.2) is 44.1 Å². The number of aryl methyl sites for hydroxylation is 2. The molecule has 272 valence electrons. The number of aromatic nitrogens is 4. The maximum absolute atomic E-state index is 12.9. The minimum atomic E-state index is -0.996. The van der Waals surface area contributed by atoms with Crippen molar-refractivity contribution in [3.05, 3.63) is 84.4 Å². The van der Waals surface area contributed by atoms with Gasteiger partial charge in [-0.15, -0.1) is 12.4 Å². The van der Waals surface area contributed by atoms with Crippen LogP contribution in [0.1, 0.15) is 24.0 Å². The third kappa shape index (κ3) is 10.1. The van der Waals surface area contributed by atoms with Gasteiger partial charge in [-0.25, -0.2) is 18.7 Å². The second-order valence-electron chi connectivity index (χ2n) is 11.5. The number of thiazole rings is 2. The smallest absolute Gasteiger partial charge is 0.232 e. The maximum Gasteiger partial charge on any atom is 0.232 e. The number of nitrogens with one attached hydrogen (secondary N) is 2. The van der Waals surface area contributed by atoms with Gasteiger partial charge in [0.2, 0.25) is 11.8 Å². The van der Waals surface area contributed by atoms with Gasteiger partial charge >= 0.3 is 0 Å². The van der Waals surface area contributed by atoms with Gasteiger partial charge in [-0.1, -0.05) is 34.8 Å². The Morgan fingerprint density at radius 1 is 0.667 bits per heavy atom. The van der Waals surface area contributed by atoms with Crippen molar-refractivity contribution >= 4 is 132 Å². The number of rotatable bonds is 6. The summed E-state index contributed by atoms with van der Waals surface area (Å²) in [5.41, 5.74) is 8.23. The fourth-order valence-corrected chi connectivity index (χ4v) is 6.91. The van der Waals surface area contributed by atoms with Crippen molar-refractivity contribution in [3.8, 4) is 22.3 Å². The third-order valence-corrected chi connectivity index (χ3v) is 9.90. The van der Waals surface area contributed by atoms with Crippen molar-refractivity contribution in [2.75, 3.05) is 10.6 Å². The Labute approximate surface area is 335 Å². The maximum atomic E-state index is 12.9. The van der Waals surface area contributed by atoms with E-state index >= 15 is 0 Å². The van der Waals surface area contributed by atoms with E-state index in [4.69, 9.17) is 0 Å². The monoisotopic (exact) mass is 826 g/mol. The van der Waals surface area contributed by atoms with Gasteiger partial charge in [0.1, 0.15) is 12.3 Å². The Morgan fingerprint density at radius 2 is 1.04 bits per heavy atom. The molecule has 0 unspecified atom stereocenters. The van der Waals surface area contributed by atoms with Crippen LogP contribution in [0, 0.1) is 25.7 Å². The number of halogens is 3. The zero-order valence-corrected chi connectivity index (χ0v) is 33.7. The number of carbonyl (C=O) groups excluding carboxylic acids is 2. The fourth-order valence-electron chi connectivity index (χ4n) is 5.09. The largest absolute Gasteiger partial charge is 0.302 e. The first-order valence-electron chi connectivity index (χ1n) is 14.8. The van der Waals surface area contributed by atoms with E-state index in [1.54, 1.807) is 12.4 Å². The normalized spacial score (nSPS) is 17.8. The minimum Gasteiger partial charge on any atom is -0.302 e. The SMILES string of the molecule is Cc1ccncc1-c1ccc2nc(NC(=O)[C@@H]3C[C@@H]3F)sc2c1.Cc1ccncc1-c1ccc2nc(NC(=O)[C@@H]3C[C@@H]3F)sc2c1.Cl.S.S.S.S. The van der Waals surface area contributed by atoms with Gasteiger partial charge in [-0.2, -0.15) is 54.0 Å². The first-order valence-corrected chi connectivity index (χ1v) is 16.4. The van der Waals surface area contributed by atoms with Crippen molar-refractivity contribution in [1.29, 1.82) is 0 Å². The van der Waals surface area contributed by atoms with E-state index in [9.17, 15) is 18.4 Å². The molecule has 2 aromatic carbocycles. The molecule has 8 nitrogen and oxygen atoms in total. The van der Waals surface area contributed by atoms with E-state index in [1.165, 1.54) is 22.7 Å². The summed E-state index contributed by atoms with van der Waals surface area (Å²) in [6.45, 7) is 4.09. The number of fused-ring (bicyclic) bond motifs is 2. The zero-order valence-electron chi connectivity index (χ0n) is 27.2. The van der Waals surface area contributed by atoms with Gasteiger partial charge in [-0.3, -0.25) is 19.6 Å². The van der Waals surface area contributed by atoms with Crippen molar-refractivity contribution in [2.45, 2.75) is 39.0 Å². The molecule has 2 N–H and O–H groups in total. The van der Waals surface area contributed by atoms with Crippen molar-refractivity contribution in [3.63, 3.8) is 0 Å². The summed E-state index contributed by atoms with van der Waals surface area (Å²) in [7, 11) is 0. The molecule has 2 aliphatic carbocycles. The molecular weight excluding hydrogens is 790 g/mol. The molecule has 51 heavy (non-hydrogen) atoms. The van der Waals surface area contributed by atoms with E-state index in [0.717, 1.165) is 53.8 Å². The van der Waals surface area contributed by atoms with E-state index in [0.29, 0.717) is 23.1 Å². The number of hydrogen-bond acceptors (Lipinski definition) is 8. The molecule has 0 aliphatic heterocycles. The molecule has 2 amide bonds. The van der Waals surface area contributed by atoms with Gasteiger partial charge in [0.25, 0.3) is 0 Å². The van der Waals surface area contributed by atoms with E-state index in [-0.39, 0.29) is 78.2 Å². The summed E-state index contributed by atoms with van der Waals surface area (Å²) in [5, 5.41) is 6.46. The van der Waals surface area contributed by atoms with Gasteiger partial charge in [-0.05, 0) is 85.3 Å². The van der Waals surface area contributed by atoms with E-state index in [1.807, 2.05) is 74.8 Å². The molecule has 0 saturated heterocycles. The number of anilines is 2. The van der Waals surface area contributed by atoms with Gasteiger partial charge in [0.15, 0.2) is 10.3 Å². The number of nitrogens with zero attached hydrogens (tertiary/aromatic N) is 4. The zero-order chi connectivity index (χ0) is 31.9. The standard InChI is InChI=1S/2C17H14FN3OS.ClH.4H2S/c2*1-9-4-5-19-8-12(9)10-2-3-14-15(6-10)23-17(20-14)21-16(22)11-7-13(11)18;;;;;/h2*2-6,8,11,13H,7H2,1H3,(H,20,21,22);1H;4*1H2/t2*11-,13+;;;;;/m11...../s1. The molecule has 8 rings (SSSR count). The van der Waals surface area contributed by atoms with Crippen LogP contribution in [0.4, 0.5) is 19.0 Å². The lowest BCUT2D eigenvalue weighted by Crippen LogP contribution is -2.14. The lowest BCUT2D eigenvalue weighted by molar-refractivity contribution is -0.118. The number of pyridine rings is 2. The second-order valence-corrected chi connectivity index (χ2v) is 13.5. The van der Waals surface area contributed by atoms with Gasteiger partial charge in [0, 0.05) is 35.9 Å². The molecule has 0 radical (unpaired) electrons. The molecule has 2 fully saturated rings. The highest BCUT2D eigenvalue weighted by molar-refractivity contribution is 7.59. The molecule has 2 saturated carbocycles. The Morgan fingerprint density at radius 3 is 1.37 bits per heavy atom. The summed E-state index contributed by atoms with van der Waals surface area (Å²) in [6, 6.07) is 15.9. The number of alkyl halides is 2. The molecule has 4 atom stereocenters. The number of hydrogen-bond donors (Lipinski definition) is 2. The molecule has 4 heterocycles. The van der Waals surface area contributed by atoms with Crippen LogP contribution >= 0.6 is 89.1 Å². The summed E-state index contributed by atoms with van der Waals surface area (Å²) < 4.78 is 27.8. The summed E-state index contributed by atoms with van der Waals surface area (Å²) >= 11 is 2.80. The highest BCUT2D eigenvalue weighted by atomic mass is 35.5. The van der Waals surface area contributed by atoms with Crippen molar-refractivity contribution < 1.29 is 18.4 Å². The topological polar surface area (TPSA) is 110 Å². The lowest BCUT2D eigenvalue weighted by atomic mass is 10.0. The molecule has 2 aliphatic rings. The van der Waals surface area contributed by atoms with E-state index in [2.05, 4.69) is 30.6 Å². The number of amides is 2. The lowest BCUT2D eigenvalue weighted by Gasteiger charge is -2.04. The van der Waals surface area contributed by atoms with Crippen LogP contribution in [-0.2, 0) is 9.59 Å². The summed E-state index contributed by atoms with van der Waals surface area (Å²) in [6.07, 6.45) is 5.88. The second kappa shape index (κ2) is 18.7. The van der Waals surface area contributed by atoms with Gasteiger partial charge in [0.05, 0.1) is 32.3 Å². The quantitative estimate of drug-likeness (QED) is 0.174. The first kappa shape index (κ1) is 44.2. The highest BCUT2D eigenvalue weighted by Crippen LogP contribution is 2.38. The van der Waals surface area contributed by atoms with Crippen molar-refractivity contribution in [1.82, 2.24) is 19.9 Å². The van der Waals surface area contributed by atoms with Crippen LogP contribution in [0.5, 0.6) is 0 Å². The van der Waals surface area contributed by atoms with Crippen LogP contribution in [0.15, 0.2) is 73.3 Å². The molecule has 17 heteroatoms. The first-order chi connectivity index (χ1) is 22.2. The minimum absolute atomic E-state index is 0. The Bertz CT molecular complexity index is 1990. The molecule has 4 aromatic heterocycles. The molecule has 0 bridgehead atoms. The fraction of sp³-hybridized carbons (Fsp3) is 0.235. The molecular formula is C34H37ClF2N6O2S6. The number of carbonyl (C=O) groups is 2. The van der Waals surface area contributed by atoms with Crippen LogP contribution in [0.3, 0.4) is 0 Å². The average molecular weight is 828 g/mol. The van der Waals surface area contributed by atoms with Crippen LogP contribution in [0.25, 0.3) is 42.7 Å². The van der Waals surface area contributed by atoms with Gasteiger partial charge < -0.3 is 10.6 Å². The Hall–Kier alpha value is -2.99.